The quantitative estimate of drug-likeness (QED) is 0.388. The van der Waals surface area contributed by atoms with Gasteiger partial charge in [0.05, 0.1) is 6.54 Å². The molecule has 0 aliphatic carbocycles. The van der Waals surface area contributed by atoms with Crippen LogP contribution in [0, 0.1) is 0 Å². The van der Waals surface area contributed by atoms with Gasteiger partial charge in [0.25, 0.3) is 0 Å². The minimum absolute atomic E-state index is 0.0598. The van der Waals surface area contributed by atoms with Gasteiger partial charge >= 0.3 is 12.1 Å². The third-order valence-corrected chi connectivity index (χ3v) is 5.23. The summed E-state index contributed by atoms with van der Waals surface area (Å²) < 4.78 is 7.27. The number of hydrogen-bond donors (Lipinski definition) is 3. The number of aryl methyl sites for hydroxylation is 1. The van der Waals surface area contributed by atoms with Gasteiger partial charge in [-0.2, -0.15) is 0 Å². The van der Waals surface area contributed by atoms with Gasteiger partial charge in [-0.25, -0.2) is 19.6 Å². The number of rotatable bonds is 7. The van der Waals surface area contributed by atoms with Crippen molar-refractivity contribution in [2.75, 3.05) is 11.9 Å². The van der Waals surface area contributed by atoms with Crippen molar-refractivity contribution in [1.82, 2.24) is 30.2 Å². The van der Waals surface area contributed by atoms with Crippen LogP contribution >= 0.6 is 0 Å². The minimum Gasteiger partial charge on any atom is -0.445 e. The number of hydrogen-bond acceptors (Lipinski definition) is 6. The summed E-state index contributed by atoms with van der Waals surface area (Å²) in [5.74, 6) is 1.14. The molecule has 3 heterocycles. The average Bonchev–Trinajstić information content (AvgIpc) is 3.26. The molecule has 1 aromatic carbocycles. The summed E-state index contributed by atoms with van der Waals surface area (Å²) in [4.78, 5) is 36.9. The Hall–Kier alpha value is -4.47. The molecule has 4 aromatic rings. The SMILES string of the molecule is CCNC(=O)Nc1cc2c(-c3ccncc3)ccc(COC(=O)NCc3nccn3C)c2cn1. The first-order chi connectivity index (χ1) is 16.5. The molecule has 34 heavy (non-hydrogen) atoms. The van der Waals surface area contributed by atoms with Crippen LogP contribution in [0.3, 0.4) is 0 Å². The molecular weight excluding hydrogens is 434 g/mol. The predicted molar refractivity (Wildman–Crippen MR) is 128 cm³/mol. The van der Waals surface area contributed by atoms with E-state index in [1.807, 2.05) is 48.9 Å². The van der Waals surface area contributed by atoms with Crippen molar-refractivity contribution in [3.8, 4) is 11.1 Å². The van der Waals surface area contributed by atoms with Crippen molar-refractivity contribution in [3.63, 3.8) is 0 Å². The number of carbonyl (C=O) groups is 2. The van der Waals surface area contributed by atoms with E-state index in [1.54, 1.807) is 31.0 Å². The Balaban J connectivity index is 1.57. The van der Waals surface area contributed by atoms with Crippen LogP contribution in [-0.4, -0.2) is 38.2 Å². The van der Waals surface area contributed by atoms with E-state index in [4.69, 9.17) is 4.74 Å². The predicted octanol–water partition coefficient (Wildman–Crippen LogP) is 3.60. The van der Waals surface area contributed by atoms with Gasteiger partial charge in [0.15, 0.2) is 0 Å². The van der Waals surface area contributed by atoms with Gasteiger partial charge in [0, 0.05) is 50.0 Å². The Bertz CT molecular complexity index is 1300. The minimum atomic E-state index is -0.545. The number of nitrogens with one attached hydrogen (secondary N) is 3. The standard InChI is InChI=1S/C24H25N7O3/c1-3-26-23(32)30-21-12-19-18(16-6-8-25-9-7-16)5-4-17(20(19)13-28-21)15-34-24(33)29-14-22-27-10-11-31(22)2/h4-13H,3,14-15H2,1-2H3,(H,29,33)(H2,26,28,30,32). The maximum absolute atomic E-state index is 12.2. The lowest BCUT2D eigenvalue weighted by Crippen LogP contribution is -2.28. The molecule has 174 valence electrons. The molecule has 3 aromatic heterocycles. The Labute approximate surface area is 196 Å². The van der Waals surface area contributed by atoms with Crippen LogP contribution in [0.2, 0.25) is 0 Å². The summed E-state index contributed by atoms with van der Waals surface area (Å²) in [7, 11) is 1.85. The van der Waals surface area contributed by atoms with E-state index < -0.39 is 6.09 Å². The van der Waals surface area contributed by atoms with Gasteiger partial charge in [-0.3, -0.25) is 10.3 Å². The van der Waals surface area contributed by atoms with Crippen LogP contribution in [-0.2, 0) is 24.9 Å². The smallest absolute Gasteiger partial charge is 0.407 e. The van der Waals surface area contributed by atoms with E-state index in [0.717, 1.165) is 33.3 Å². The number of urea groups is 1. The lowest BCUT2D eigenvalue weighted by molar-refractivity contribution is 0.139. The zero-order valence-corrected chi connectivity index (χ0v) is 18.9. The van der Waals surface area contributed by atoms with Crippen LogP contribution in [0.5, 0.6) is 0 Å². The second-order valence-corrected chi connectivity index (χ2v) is 7.49. The Morgan fingerprint density at radius 3 is 2.59 bits per heavy atom. The van der Waals surface area contributed by atoms with Gasteiger partial charge in [-0.15, -0.1) is 0 Å². The lowest BCUT2D eigenvalue weighted by Gasteiger charge is -2.14. The lowest BCUT2D eigenvalue weighted by atomic mass is 9.97. The van der Waals surface area contributed by atoms with E-state index in [-0.39, 0.29) is 19.2 Å². The average molecular weight is 460 g/mol. The van der Waals surface area contributed by atoms with Crippen LogP contribution in [0.15, 0.2) is 61.3 Å². The summed E-state index contributed by atoms with van der Waals surface area (Å²) in [6.45, 7) is 2.67. The highest BCUT2D eigenvalue weighted by atomic mass is 16.5. The second-order valence-electron chi connectivity index (χ2n) is 7.49. The topological polar surface area (TPSA) is 123 Å². The number of nitrogens with zero attached hydrogens (tertiary/aromatic N) is 4. The van der Waals surface area contributed by atoms with Crippen molar-refractivity contribution < 1.29 is 14.3 Å². The van der Waals surface area contributed by atoms with Crippen molar-refractivity contribution in [1.29, 1.82) is 0 Å². The molecule has 0 spiro atoms. The van der Waals surface area contributed by atoms with Crippen molar-refractivity contribution in [2.24, 2.45) is 7.05 Å². The fraction of sp³-hybridized carbons (Fsp3) is 0.208. The molecule has 0 aliphatic heterocycles. The summed E-state index contributed by atoms with van der Waals surface area (Å²) in [6, 6.07) is 9.16. The van der Waals surface area contributed by atoms with Crippen molar-refractivity contribution in [3.05, 3.63) is 72.7 Å². The third-order valence-electron chi connectivity index (χ3n) is 5.23. The second kappa shape index (κ2) is 10.4. The van der Waals surface area contributed by atoms with E-state index in [9.17, 15) is 9.59 Å². The van der Waals surface area contributed by atoms with Gasteiger partial charge in [-0.1, -0.05) is 12.1 Å². The number of aromatic nitrogens is 4. The van der Waals surface area contributed by atoms with Gasteiger partial charge in [-0.05, 0) is 47.2 Å². The zero-order chi connectivity index (χ0) is 23.9. The molecule has 0 aliphatic rings. The van der Waals surface area contributed by atoms with E-state index in [0.29, 0.717) is 12.4 Å². The largest absolute Gasteiger partial charge is 0.445 e. The number of alkyl carbamates (subject to hydrolysis) is 1. The third kappa shape index (κ3) is 5.29. The van der Waals surface area contributed by atoms with Crippen molar-refractivity contribution in [2.45, 2.75) is 20.1 Å². The van der Waals surface area contributed by atoms with Crippen LogP contribution in [0.25, 0.3) is 21.9 Å². The molecule has 0 atom stereocenters. The fourth-order valence-electron chi connectivity index (χ4n) is 3.51. The maximum Gasteiger partial charge on any atom is 0.407 e. The molecule has 4 rings (SSSR count). The Kier molecular flexibility index (Phi) is 6.97. The van der Waals surface area contributed by atoms with Gasteiger partial charge in [0.1, 0.15) is 18.2 Å². The van der Waals surface area contributed by atoms with Crippen molar-refractivity contribution >= 4 is 28.7 Å². The number of benzene rings is 1. The molecule has 3 N–H and O–H groups in total. The number of amides is 3. The molecule has 3 amide bonds. The molecule has 0 saturated carbocycles. The molecule has 0 radical (unpaired) electrons. The first kappa shape index (κ1) is 22.7. The molecule has 0 unspecified atom stereocenters. The molecule has 10 heteroatoms. The van der Waals surface area contributed by atoms with E-state index in [1.165, 1.54) is 0 Å². The maximum atomic E-state index is 12.2. The highest BCUT2D eigenvalue weighted by molar-refractivity contribution is 6.00. The number of pyridine rings is 2. The number of imidazole rings is 1. The van der Waals surface area contributed by atoms with Gasteiger partial charge in [0.2, 0.25) is 0 Å². The summed E-state index contributed by atoms with van der Waals surface area (Å²) in [6.07, 6.45) is 8.04. The highest BCUT2D eigenvalue weighted by Crippen LogP contribution is 2.32. The van der Waals surface area contributed by atoms with E-state index in [2.05, 4.69) is 30.9 Å². The van der Waals surface area contributed by atoms with E-state index >= 15 is 0 Å². The number of anilines is 1. The van der Waals surface area contributed by atoms with Crippen LogP contribution < -0.4 is 16.0 Å². The Morgan fingerprint density at radius 2 is 1.85 bits per heavy atom. The monoisotopic (exact) mass is 459 g/mol. The summed E-state index contributed by atoms with van der Waals surface area (Å²) >= 11 is 0. The molecular formula is C24H25N7O3. The van der Waals surface area contributed by atoms with Gasteiger partial charge < -0.3 is 19.9 Å². The number of ether oxygens (including phenoxy) is 1. The first-order valence-corrected chi connectivity index (χ1v) is 10.8. The molecule has 10 nitrogen and oxygen atoms in total. The fourth-order valence-corrected chi connectivity index (χ4v) is 3.51. The molecule has 0 bridgehead atoms. The molecule has 0 saturated heterocycles. The number of fused-ring (bicyclic) bond motifs is 1. The highest BCUT2D eigenvalue weighted by Gasteiger charge is 2.13. The Morgan fingerprint density at radius 1 is 1.03 bits per heavy atom. The number of carbonyl (C=O) groups excluding carboxylic acids is 2. The van der Waals surface area contributed by atoms with Crippen LogP contribution in [0.1, 0.15) is 18.3 Å². The zero-order valence-electron chi connectivity index (χ0n) is 18.9. The normalized spacial score (nSPS) is 10.6. The molecule has 0 fully saturated rings. The summed E-state index contributed by atoms with van der Waals surface area (Å²) in [5, 5.41) is 9.81. The first-order valence-electron chi connectivity index (χ1n) is 10.8. The van der Waals surface area contributed by atoms with Crippen LogP contribution in [0.4, 0.5) is 15.4 Å². The summed E-state index contributed by atoms with van der Waals surface area (Å²) in [5.41, 5.74) is 2.70.